The first-order chi connectivity index (χ1) is 14.6. The third-order valence-corrected chi connectivity index (χ3v) is 5.02. The van der Waals surface area contributed by atoms with Gasteiger partial charge in [-0.2, -0.15) is 4.39 Å². The summed E-state index contributed by atoms with van der Waals surface area (Å²) in [6.45, 7) is 0.342. The molecule has 0 atom stereocenters. The van der Waals surface area contributed by atoms with Gasteiger partial charge in [0.1, 0.15) is 11.5 Å². The molecule has 1 aromatic carbocycles. The molecule has 150 valence electrons. The van der Waals surface area contributed by atoms with Crippen LogP contribution in [0.4, 0.5) is 13.9 Å². The summed E-state index contributed by atoms with van der Waals surface area (Å²) < 4.78 is 28.3. The number of hydrogen-bond acceptors (Lipinski definition) is 4. The van der Waals surface area contributed by atoms with E-state index < -0.39 is 5.95 Å². The summed E-state index contributed by atoms with van der Waals surface area (Å²) in [6.07, 6.45) is 6.65. The molecule has 4 rings (SSSR count). The maximum atomic E-state index is 13.3. The average molecular weight is 422 g/mol. The van der Waals surface area contributed by atoms with Gasteiger partial charge in [-0.25, -0.2) is 14.4 Å². The molecule has 5 nitrogen and oxygen atoms in total. The first-order valence-corrected chi connectivity index (χ1v) is 9.91. The highest BCUT2D eigenvalue weighted by atomic mass is 32.1. The lowest BCUT2D eigenvalue weighted by Crippen LogP contribution is -2.17. The van der Waals surface area contributed by atoms with Crippen molar-refractivity contribution >= 4 is 34.5 Å². The molecule has 0 saturated heterocycles. The number of hydrogen-bond donors (Lipinski definition) is 1. The molecule has 0 unspecified atom stereocenters. The molecule has 30 heavy (non-hydrogen) atoms. The molecule has 0 saturated carbocycles. The van der Waals surface area contributed by atoms with Gasteiger partial charge in [0, 0.05) is 24.3 Å². The maximum Gasteiger partial charge on any atom is 0.274 e. The van der Waals surface area contributed by atoms with E-state index in [2.05, 4.69) is 15.3 Å². The molecule has 4 aromatic rings. The summed E-state index contributed by atoms with van der Waals surface area (Å²) >= 11 is 1.29. The number of aromatic nitrogens is 3. The van der Waals surface area contributed by atoms with Crippen molar-refractivity contribution in [1.29, 1.82) is 0 Å². The quantitative estimate of drug-likeness (QED) is 0.441. The molecule has 0 aliphatic heterocycles. The Labute approximate surface area is 175 Å². The lowest BCUT2D eigenvalue weighted by Gasteiger charge is -2.09. The van der Waals surface area contributed by atoms with Crippen LogP contribution in [0, 0.1) is 11.8 Å². The highest BCUT2D eigenvalue weighted by molar-refractivity contribution is 7.14. The predicted octanol–water partition coefficient (Wildman–Crippen LogP) is 5.09. The summed E-state index contributed by atoms with van der Waals surface area (Å²) in [7, 11) is 0. The molecular weight excluding hydrogens is 406 g/mol. The van der Waals surface area contributed by atoms with Crippen LogP contribution in [0.2, 0.25) is 0 Å². The van der Waals surface area contributed by atoms with Gasteiger partial charge in [0.15, 0.2) is 5.13 Å². The zero-order valence-corrected chi connectivity index (χ0v) is 16.4. The fourth-order valence-electron chi connectivity index (χ4n) is 2.87. The number of anilines is 1. The molecule has 0 spiro atoms. The number of benzene rings is 1. The number of carbonyl (C=O) groups excluding carboxylic acids is 1. The Bertz CT molecular complexity index is 1220. The van der Waals surface area contributed by atoms with E-state index in [4.69, 9.17) is 0 Å². The van der Waals surface area contributed by atoms with Crippen LogP contribution in [0.3, 0.4) is 0 Å². The van der Waals surface area contributed by atoms with Crippen molar-refractivity contribution in [2.45, 2.75) is 6.54 Å². The van der Waals surface area contributed by atoms with E-state index >= 15 is 0 Å². The number of nitrogens with one attached hydrogen (secondary N) is 1. The zero-order valence-electron chi connectivity index (χ0n) is 15.6. The number of amides is 1. The van der Waals surface area contributed by atoms with Crippen molar-refractivity contribution < 1.29 is 13.6 Å². The van der Waals surface area contributed by atoms with Crippen LogP contribution < -0.4 is 5.32 Å². The molecule has 0 bridgehead atoms. The highest BCUT2D eigenvalue weighted by Crippen LogP contribution is 2.19. The molecule has 3 heterocycles. The van der Waals surface area contributed by atoms with Gasteiger partial charge in [0.2, 0.25) is 5.95 Å². The van der Waals surface area contributed by atoms with Gasteiger partial charge in [-0.3, -0.25) is 10.1 Å². The van der Waals surface area contributed by atoms with E-state index in [1.165, 1.54) is 35.7 Å². The van der Waals surface area contributed by atoms with Crippen molar-refractivity contribution in [3.05, 3.63) is 101 Å². The summed E-state index contributed by atoms with van der Waals surface area (Å²) in [5.41, 5.74) is 2.51. The monoisotopic (exact) mass is 422 g/mol. The van der Waals surface area contributed by atoms with Crippen molar-refractivity contribution in [2.24, 2.45) is 0 Å². The second-order valence-corrected chi connectivity index (χ2v) is 7.29. The van der Waals surface area contributed by atoms with Crippen LogP contribution in [0.1, 0.15) is 27.3 Å². The molecule has 0 aliphatic carbocycles. The number of thiazole rings is 1. The number of rotatable bonds is 6. The molecule has 1 N–H and O–H groups in total. The van der Waals surface area contributed by atoms with E-state index in [0.29, 0.717) is 28.6 Å². The average Bonchev–Trinajstić information content (AvgIpc) is 3.36. The first-order valence-electron chi connectivity index (χ1n) is 9.03. The number of halogens is 2. The lowest BCUT2D eigenvalue weighted by molar-refractivity contribution is 0.101. The zero-order chi connectivity index (χ0) is 20.9. The van der Waals surface area contributed by atoms with Crippen LogP contribution >= 0.6 is 11.3 Å². The molecule has 3 aromatic heterocycles. The van der Waals surface area contributed by atoms with Crippen LogP contribution in [0.5, 0.6) is 0 Å². The Kier molecular flexibility index (Phi) is 5.76. The number of carbonyl (C=O) groups is 1. The second kappa shape index (κ2) is 8.79. The Morgan fingerprint density at radius 3 is 2.87 bits per heavy atom. The second-order valence-electron chi connectivity index (χ2n) is 6.43. The SMILES string of the molecule is O=C(Nc1nc(/C=C/c2cccc(F)c2)cs1)c1cccn1Cc1ccnc(F)c1. The van der Waals surface area contributed by atoms with Crippen molar-refractivity contribution in [3.63, 3.8) is 0 Å². The Hall–Kier alpha value is -3.65. The topological polar surface area (TPSA) is 59.8 Å². The molecular formula is C22H16F2N4OS. The standard InChI is InChI=1S/C22H16F2N4OS/c23-17-4-1-3-15(11-17)6-7-18-14-30-22(26-18)27-21(29)19-5-2-10-28(19)13-16-8-9-25-20(24)12-16/h1-12,14H,13H2,(H,26,27,29)/b7-6+. The fourth-order valence-corrected chi connectivity index (χ4v) is 3.54. The van der Waals surface area contributed by atoms with Gasteiger partial charge < -0.3 is 4.57 Å². The van der Waals surface area contributed by atoms with Crippen LogP contribution in [0.25, 0.3) is 12.2 Å². The van der Waals surface area contributed by atoms with Crippen molar-refractivity contribution in [1.82, 2.24) is 14.5 Å². The van der Waals surface area contributed by atoms with Crippen molar-refractivity contribution in [2.75, 3.05) is 5.32 Å². The molecule has 0 fully saturated rings. The Morgan fingerprint density at radius 2 is 2.03 bits per heavy atom. The minimum absolute atomic E-state index is 0.305. The van der Waals surface area contributed by atoms with E-state index in [9.17, 15) is 13.6 Å². The molecule has 8 heteroatoms. The van der Waals surface area contributed by atoms with Crippen molar-refractivity contribution in [3.8, 4) is 0 Å². The van der Waals surface area contributed by atoms with E-state index in [0.717, 1.165) is 5.56 Å². The van der Waals surface area contributed by atoms with E-state index in [-0.39, 0.29) is 11.7 Å². The smallest absolute Gasteiger partial charge is 0.274 e. The fraction of sp³-hybridized carbons (Fsp3) is 0.0455. The first kappa shape index (κ1) is 19.7. The van der Waals surface area contributed by atoms with Gasteiger partial charge >= 0.3 is 0 Å². The maximum absolute atomic E-state index is 13.3. The lowest BCUT2D eigenvalue weighted by atomic mass is 10.2. The summed E-state index contributed by atoms with van der Waals surface area (Å²) in [4.78, 5) is 20.6. The summed E-state index contributed by atoms with van der Waals surface area (Å²) in [6, 6.07) is 12.7. The van der Waals surface area contributed by atoms with E-state index in [1.54, 1.807) is 58.6 Å². The Balaban J connectivity index is 1.43. The normalized spacial score (nSPS) is 11.1. The van der Waals surface area contributed by atoms with Crippen LogP contribution in [0.15, 0.2) is 66.3 Å². The van der Waals surface area contributed by atoms with Gasteiger partial charge in [0.25, 0.3) is 5.91 Å². The minimum atomic E-state index is -0.563. The van der Waals surface area contributed by atoms with Crippen LogP contribution in [-0.2, 0) is 6.54 Å². The van der Waals surface area contributed by atoms with Gasteiger partial charge in [-0.05, 0) is 53.6 Å². The molecule has 0 aliphatic rings. The summed E-state index contributed by atoms with van der Waals surface area (Å²) in [5.74, 6) is -1.18. The number of nitrogens with zero attached hydrogens (tertiary/aromatic N) is 3. The predicted molar refractivity (Wildman–Crippen MR) is 113 cm³/mol. The van der Waals surface area contributed by atoms with Crippen LogP contribution in [-0.4, -0.2) is 20.4 Å². The highest BCUT2D eigenvalue weighted by Gasteiger charge is 2.13. The van der Waals surface area contributed by atoms with Gasteiger partial charge in [-0.1, -0.05) is 18.2 Å². The third-order valence-electron chi connectivity index (χ3n) is 4.24. The third kappa shape index (κ3) is 4.84. The van der Waals surface area contributed by atoms with Gasteiger partial charge in [-0.15, -0.1) is 11.3 Å². The van der Waals surface area contributed by atoms with E-state index in [1.807, 2.05) is 0 Å². The van der Waals surface area contributed by atoms with Gasteiger partial charge in [0.05, 0.1) is 5.69 Å². The number of pyridine rings is 1. The minimum Gasteiger partial charge on any atom is -0.339 e. The largest absolute Gasteiger partial charge is 0.339 e. The molecule has 1 amide bonds. The molecule has 0 radical (unpaired) electrons. The Morgan fingerprint density at radius 1 is 1.13 bits per heavy atom. The summed E-state index contributed by atoms with van der Waals surface area (Å²) in [5, 5.41) is 5.02.